The molecule has 2 rings (SSSR count). The first-order chi connectivity index (χ1) is 9.14. The van der Waals surface area contributed by atoms with Gasteiger partial charge in [0.15, 0.2) is 0 Å². The third-order valence-electron chi connectivity index (χ3n) is 4.75. The maximum Gasteiger partial charge on any atom is 0.128 e. The molecular weight excluding hydrogens is 258 g/mol. The molecule has 0 radical (unpaired) electrons. The first-order valence-corrected chi connectivity index (χ1v) is 7.62. The van der Waals surface area contributed by atoms with Crippen molar-refractivity contribution in [3.05, 3.63) is 22.8 Å². The van der Waals surface area contributed by atoms with E-state index in [4.69, 9.17) is 17.3 Å². The van der Waals surface area contributed by atoms with E-state index in [1.165, 1.54) is 25.7 Å². The fraction of sp³-hybridized carbons (Fsp3) is 0.667. The lowest BCUT2D eigenvalue weighted by molar-refractivity contribution is 0.199. The number of rotatable bonds is 4. The molecule has 1 aliphatic heterocycles. The molecule has 0 bridgehead atoms. The minimum absolute atomic E-state index is 0.397. The van der Waals surface area contributed by atoms with Crippen LogP contribution < -0.4 is 10.6 Å². The zero-order valence-electron chi connectivity index (χ0n) is 12.0. The summed E-state index contributed by atoms with van der Waals surface area (Å²) in [4.78, 5) is 6.94. The highest BCUT2D eigenvalue weighted by Crippen LogP contribution is 2.38. The summed E-state index contributed by atoms with van der Waals surface area (Å²) >= 11 is 6.06. The van der Waals surface area contributed by atoms with Gasteiger partial charge in [-0.3, -0.25) is 0 Å². The largest absolute Gasteiger partial charge is 0.357 e. The van der Waals surface area contributed by atoms with Crippen LogP contribution in [0.15, 0.2) is 12.1 Å². The number of halogens is 1. The Morgan fingerprint density at radius 1 is 1.26 bits per heavy atom. The molecule has 4 heteroatoms. The summed E-state index contributed by atoms with van der Waals surface area (Å²) in [6.45, 7) is 7.19. The van der Waals surface area contributed by atoms with Crippen LogP contribution in [0.5, 0.6) is 0 Å². The molecule has 2 heterocycles. The van der Waals surface area contributed by atoms with E-state index in [9.17, 15) is 0 Å². The molecule has 1 saturated heterocycles. The fourth-order valence-corrected chi connectivity index (χ4v) is 3.14. The van der Waals surface area contributed by atoms with Gasteiger partial charge in [0.2, 0.25) is 0 Å². The van der Waals surface area contributed by atoms with Gasteiger partial charge < -0.3 is 10.6 Å². The molecule has 0 spiro atoms. The Kier molecular flexibility index (Phi) is 4.69. The van der Waals surface area contributed by atoms with Gasteiger partial charge in [-0.2, -0.15) is 0 Å². The van der Waals surface area contributed by atoms with E-state index in [1.54, 1.807) is 0 Å². The second kappa shape index (κ2) is 6.10. The number of hydrogen-bond acceptors (Lipinski definition) is 3. The molecule has 1 fully saturated rings. The van der Waals surface area contributed by atoms with Gasteiger partial charge in [0.05, 0.1) is 10.7 Å². The lowest BCUT2D eigenvalue weighted by Crippen LogP contribution is -2.40. The van der Waals surface area contributed by atoms with E-state index >= 15 is 0 Å². The molecule has 0 aliphatic carbocycles. The van der Waals surface area contributed by atoms with Crippen LogP contribution >= 0.6 is 11.6 Å². The highest BCUT2D eigenvalue weighted by atomic mass is 35.5. The van der Waals surface area contributed by atoms with E-state index < -0.39 is 0 Å². The van der Waals surface area contributed by atoms with Gasteiger partial charge in [-0.05, 0) is 30.4 Å². The smallest absolute Gasteiger partial charge is 0.128 e. The van der Waals surface area contributed by atoms with Gasteiger partial charge in [-0.15, -0.1) is 0 Å². The van der Waals surface area contributed by atoms with Crippen molar-refractivity contribution in [3.8, 4) is 0 Å². The van der Waals surface area contributed by atoms with Crippen LogP contribution in [0.3, 0.4) is 0 Å². The zero-order chi connectivity index (χ0) is 13.9. The van der Waals surface area contributed by atoms with Crippen molar-refractivity contribution < 1.29 is 0 Å². The minimum atomic E-state index is 0.397. The normalized spacial score (nSPS) is 18.6. The standard InChI is InChI=1S/C15H24ClN3/c1-3-15(4-2)7-9-19(10-8-15)14-6-5-12(16)13(11-17)18-14/h5-6H,3-4,7-11,17H2,1-2H3. The van der Waals surface area contributed by atoms with E-state index in [2.05, 4.69) is 23.7 Å². The van der Waals surface area contributed by atoms with Gasteiger partial charge in [-0.1, -0.05) is 38.3 Å². The zero-order valence-corrected chi connectivity index (χ0v) is 12.7. The molecule has 0 atom stereocenters. The Balaban J connectivity index is 2.09. The summed E-state index contributed by atoms with van der Waals surface area (Å²) in [6, 6.07) is 3.92. The number of piperidine rings is 1. The van der Waals surface area contributed by atoms with Crippen molar-refractivity contribution in [2.75, 3.05) is 18.0 Å². The molecule has 0 unspecified atom stereocenters. The summed E-state index contributed by atoms with van der Waals surface area (Å²) in [5, 5.41) is 0.666. The lowest BCUT2D eigenvalue weighted by Gasteiger charge is -2.41. The Hall–Kier alpha value is -0.800. The summed E-state index contributed by atoms with van der Waals surface area (Å²) < 4.78 is 0. The molecule has 1 aromatic heterocycles. The van der Waals surface area contributed by atoms with Gasteiger partial charge in [0, 0.05) is 19.6 Å². The molecule has 1 aliphatic rings. The van der Waals surface area contributed by atoms with Crippen molar-refractivity contribution in [2.45, 2.75) is 46.1 Å². The second-order valence-electron chi connectivity index (χ2n) is 5.50. The number of pyridine rings is 1. The molecule has 106 valence electrons. The lowest BCUT2D eigenvalue weighted by atomic mass is 9.74. The van der Waals surface area contributed by atoms with Crippen LogP contribution in [0.25, 0.3) is 0 Å². The maximum absolute atomic E-state index is 6.06. The van der Waals surface area contributed by atoms with Gasteiger partial charge in [-0.25, -0.2) is 4.98 Å². The van der Waals surface area contributed by atoms with Crippen LogP contribution in [0.1, 0.15) is 45.2 Å². The topological polar surface area (TPSA) is 42.1 Å². The Labute approximate surface area is 121 Å². The summed E-state index contributed by atoms with van der Waals surface area (Å²) in [5.74, 6) is 1.02. The van der Waals surface area contributed by atoms with E-state index in [-0.39, 0.29) is 0 Å². The second-order valence-corrected chi connectivity index (χ2v) is 5.90. The quantitative estimate of drug-likeness (QED) is 0.917. The van der Waals surface area contributed by atoms with Crippen LogP contribution in [-0.2, 0) is 6.54 Å². The third kappa shape index (κ3) is 3.03. The number of anilines is 1. The third-order valence-corrected chi connectivity index (χ3v) is 5.09. The molecule has 19 heavy (non-hydrogen) atoms. The maximum atomic E-state index is 6.06. The van der Waals surface area contributed by atoms with E-state index in [0.29, 0.717) is 17.0 Å². The van der Waals surface area contributed by atoms with Crippen molar-refractivity contribution in [2.24, 2.45) is 11.1 Å². The molecule has 0 amide bonds. The average molecular weight is 282 g/mol. The number of nitrogens with zero attached hydrogens (tertiary/aromatic N) is 2. The Bertz CT molecular complexity index is 419. The van der Waals surface area contributed by atoms with Crippen molar-refractivity contribution in [3.63, 3.8) is 0 Å². The summed E-state index contributed by atoms with van der Waals surface area (Å²) in [6.07, 6.45) is 5.06. The van der Waals surface area contributed by atoms with Crippen molar-refractivity contribution >= 4 is 17.4 Å². The monoisotopic (exact) mass is 281 g/mol. The van der Waals surface area contributed by atoms with Gasteiger partial charge >= 0.3 is 0 Å². The minimum Gasteiger partial charge on any atom is -0.357 e. The summed E-state index contributed by atoms with van der Waals surface area (Å²) in [7, 11) is 0. The Morgan fingerprint density at radius 2 is 1.89 bits per heavy atom. The molecule has 3 nitrogen and oxygen atoms in total. The van der Waals surface area contributed by atoms with Crippen LogP contribution in [0.4, 0.5) is 5.82 Å². The number of hydrogen-bond donors (Lipinski definition) is 1. The first kappa shape index (κ1) is 14.6. The van der Waals surface area contributed by atoms with Gasteiger partial charge in [0.25, 0.3) is 0 Å². The summed E-state index contributed by atoms with van der Waals surface area (Å²) in [5.41, 5.74) is 7.00. The Morgan fingerprint density at radius 3 is 2.42 bits per heavy atom. The fourth-order valence-electron chi connectivity index (χ4n) is 2.96. The molecule has 0 saturated carbocycles. The van der Waals surface area contributed by atoms with Crippen LogP contribution in [0.2, 0.25) is 5.02 Å². The van der Waals surface area contributed by atoms with Crippen molar-refractivity contribution in [1.82, 2.24) is 4.98 Å². The molecule has 1 aromatic rings. The molecule has 0 aromatic carbocycles. The number of nitrogens with two attached hydrogens (primary N) is 1. The average Bonchev–Trinajstić information content (AvgIpc) is 2.48. The predicted octanol–water partition coefficient (Wildman–Crippen LogP) is 3.60. The molecular formula is C15H24ClN3. The number of aromatic nitrogens is 1. The van der Waals surface area contributed by atoms with E-state index in [0.717, 1.165) is 24.6 Å². The van der Waals surface area contributed by atoms with Crippen molar-refractivity contribution in [1.29, 1.82) is 0 Å². The van der Waals surface area contributed by atoms with E-state index in [1.807, 2.05) is 12.1 Å². The van der Waals surface area contributed by atoms with Crippen LogP contribution in [-0.4, -0.2) is 18.1 Å². The first-order valence-electron chi connectivity index (χ1n) is 7.24. The highest BCUT2D eigenvalue weighted by Gasteiger charge is 2.31. The predicted molar refractivity (Wildman–Crippen MR) is 81.6 cm³/mol. The SMILES string of the molecule is CCC1(CC)CCN(c2ccc(Cl)c(CN)n2)CC1. The highest BCUT2D eigenvalue weighted by molar-refractivity contribution is 6.31. The van der Waals surface area contributed by atoms with Crippen LogP contribution in [0, 0.1) is 5.41 Å². The molecule has 2 N–H and O–H groups in total. The van der Waals surface area contributed by atoms with Gasteiger partial charge in [0.1, 0.15) is 5.82 Å².